The first kappa shape index (κ1) is 8.96. The molecule has 0 fully saturated rings. The van der Waals surface area contributed by atoms with Crippen LogP contribution in [0.5, 0.6) is 0 Å². The molecule has 0 aliphatic carbocycles. The number of rotatable bonds is 5. The van der Waals surface area contributed by atoms with Crippen LogP contribution < -0.4 is 5.32 Å². The first-order valence-electron chi connectivity index (χ1n) is 3.81. The van der Waals surface area contributed by atoms with Crippen molar-refractivity contribution in [2.45, 2.75) is 38.6 Å². The Morgan fingerprint density at radius 3 is 2.56 bits per heavy atom. The second-order valence-electron chi connectivity index (χ2n) is 2.39. The van der Waals surface area contributed by atoms with Gasteiger partial charge in [0, 0.05) is 6.04 Å². The van der Waals surface area contributed by atoms with Crippen molar-refractivity contribution in [3.05, 3.63) is 6.92 Å². The van der Waals surface area contributed by atoms with Crippen molar-refractivity contribution in [3.8, 4) is 0 Å². The van der Waals surface area contributed by atoms with Gasteiger partial charge in [-0.15, -0.1) is 0 Å². The van der Waals surface area contributed by atoms with E-state index < -0.39 is 0 Å². The average Bonchev–Trinajstić information content (AvgIpc) is 1.91. The molecule has 0 aromatic rings. The van der Waals surface area contributed by atoms with Crippen molar-refractivity contribution < 1.29 is 0 Å². The predicted molar refractivity (Wildman–Crippen MR) is 42.3 cm³/mol. The third-order valence-electron chi connectivity index (χ3n) is 1.70. The Labute approximate surface area is 58.8 Å². The molecule has 0 rings (SSSR count). The van der Waals surface area contributed by atoms with Gasteiger partial charge in [-0.3, -0.25) is 0 Å². The second kappa shape index (κ2) is 6.09. The molecular weight excluding hydrogens is 110 g/mol. The highest BCUT2D eigenvalue weighted by Crippen LogP contribution is 2.02. The molecule has 1 heteroatoms. The van der Waals surface area contributed by atoms with Crippen molar-refractivity contribution in [2.24, 2.45) is 0 Å². The van der Waals surface area contributed by atoms with Crippen LogP contribution in [0.25, 0.3) is 0 Å². The van der Waals surface area contributed by atoms with Crippen LogP contribution in [0.1, 0.15) is 32.6 Å². The van der Waals surface area contributed by atoms with Crippen molar-refractivity contribution in [2.75, 3.05) is 7.05 Å². The summed E-state index contributed by atoms with van der Waals surface area (Å²) in [6, 6.07) is 0.715. The predicted octanol–water partition coefficient (Wildman–Crippen LogP) is 1.99. The summed E-state index contributed by atoms with van der Waals surface area (Å²) in [7, 11) is 2.03. The van der Waals surface area contributed by atoms with Crippen molar-refractivity contribution >= 4 is 0 Å². The smallest absolute Gasteiger partial charge is 0.00614 e. The molecule has 0 spiro atoms. The quantitative estimate of drug-likeness (QED) is 0.597. The molecule has 9 heavy (non-hydrogen) atoms. The maximum Gasteiger partial charge on any atom is 0.00614 e. The maximum atomic E-state index is 3.80. The molecule has 55 valence electrons. The van der Waals surface area contributed by atoms with E-state index in [1.54, 1.807) is 0 Å². The first-order chi connectivity index (χ1) is 4.35. The average molecular weight is 128 g/mol. The van der Waals surface area contributed by atoms with Crippen LogP contribution in [0.2, 0.25) is 0 Å². The Kier molecular flexibility index (Phi) is 6.06. The van der Waals surface area contributed by atoms with E-state index in [0.717, 1.165) is 6.42 Å². The molecule has 0 bridgehead atoms. The summed E-state index contributed by atoms with van der Waals surface area (Å²) in [5.41, 5.74) is 0. The molecule has 0 aromatic heterocycles. The minimum absolute atomic E-state index is 0.715. The molecule has 1 atom stereocenters. The zero-order valence-corrected chi connectivity index (χ0v) is 6.61. The Morgan fingerprint density at radius 1 is 1.56 bits per heavy atom. The molecule has 1 nitrogen and oxygen atoms in total. The molecule has 0 saturated heterocycles. The Balaban J connectivity index is 3.09. The SMILES string of the molecule is [CH2]CCCC(CC)NC. The molecule has 0 aromatic carbocycles. The van der Waals surface area contributed by atoms with E-state index in [1.807, 2.05) is 7.05 Å². The minimum Gasteiger partial charge on any atom is -0.317 e. The van der Waals surface area contributed by atoms with E-state index in [9.17, 15) is 0 Å². The van der Waals surface area contributed by atoms with Gasteiger partial charge in [-0.1, -0.05) is 26.7 Å². The van der Waals surface area contributed by atoms with E-state index in [2.05, 4.69) is 19.2 Å². The topological polar surface area (TPSA) is 12.0 Å². The summed E-state index contributed by atoms with van der Waals surface area (Å²) in [5.74, 6) is 0. The normalized spacial score (nSPS) is 13.7. The number of unbranched alkanes of at least 4 members (excludes halogenated alkanes) is 1. The zero-order chi connectivity index (χ0) is 7.11. The van der Waals surface area contributed by atoms with Crippen LogP contribution in [-0.4, -0.2) is 13.1 Å². The molecule has 0 saturated carbocycles. The van der Waals surface area contributed by atoms with E-state index in [0.29, 0.717) is 6.04 Å². The fraction of sp³-hybridized carbons (Fsp3) is 0.875. The first-order valence-corrected chi connectivity index (χ1v) is 3.81. The van der Waals surface area contributed by atoms with Crippen LogP contribution in [0.4, 0.5) is 0 Å². The Hall–Kier alpha value is -0.0400. The lowest BCUT2D eigenvalue weighted by Crippen LogP contribution is -2.23. The van der Waals surface area contributed by atoms with Gasteiger partial charge >= 0.3 is 0 Å². The summed E-state index contributed by atoms with van der Waals surface area (Å²) in [6.45, 7) is 6.01. The minimum atomic E-state index is 0.715. The lowest BCUT2D eigenvalue weighted by atomic mass is 10.1. The highest BCUT2D eigenvalue weighted by Gasteiger charge is 1.99. The van der Waals surface area contributed by atoms with Crippen molar-refractivity contribution in [1.82, 2.24) is 5.32 Å². The molecule has 1 radical (unpaired) electrons. The highest BCUT2D eigenvalue weighted by atomic mass is 14.9. The van der Waals surface area contributed by atoms with Gasteiger partial charge in [0.25, 0.3) is 0 Å². The van der Waals surface area contributed by atoms with E-state index in [1.165, 1.54) is 19.3 Å². The third-order valence-corrected chi connectivity index (χ3v) is 1.70. The van der Waals surface area contributed by atoms with Gasteiger partial charge < -0.3 is 5.32 Å². The molecule has 1 N–H and O–H groups in total. The maximum absolute atomic E-state index is 3.80. The number of hydrogen-bond acceptors (Lipinski definition) is 1. The van der Waals surface area contributed by atoms with Crippen LogP contribution in [0.3, 0.4) is 0 Å². The van der Waals surface area contributed by atoms with Crippen LogP contribution in [0, 0.1) is 6.92 Å². The zero-order valence-electron chi connectivity index (χ0n) is 6.61. The lowest BCUT2D eigenvalue weighted by molar-refractivity contribution is 0.493. The number of nitrogens with one attached hydrogen (secondary N) is 1. The summed E-state index contributed by atoms with van der Waals surface area (Å²) < 4.78 is 0. The molecule has 1 unspecified atom stereocenters. The van der Waals surface area contributed by atoms with Crippen LogP contribution in [0.15, 0.2) is 0 Å². The van der Waals surface area contributed by atoms with Crippen LogP contribution in [-0.2, 0) is 0 Å². The van der Waals surface area contributed by atoms with Gasteiger partial charge in [-0.05, 0) is 19.9 Å². The van der Waals surface area contributed by atoms with Gasteiger partial charge in [0.05, 0.1) is 0 Å². The van der Waals surface area contributed by atoms with Gasteiger partial charge in [-0.2, -0.15) is 0 Å². The summed E-state index contributed by atoms with van der Waals surface area (Å²) >= 11 is 0. The summed E-state index contributed by atoms with van der Waals surface area (Å²) in [5, 5.41) is 3.26. The standard InChI is InChI=1S/C8H18N/c1-4-6-7-8(5-2)9-3/h8-9H,1,4-7H2,2-3H3. The molecule has 0 heterocycles. The molecule has 0 aliphatic rings. The lowest BCUT2D eigenvalue weighted by Gasteiger charge is -2.11. The summed E-state index contributed by atoms with van der Waals surface area (Å²) in [4.78, 5) is 0. The highest BCUT2D eigenvalue weighted by molar-refractivity contribution is 4.61. The van der Waals surface area contributed by atoms with Gasteiger partial charge in [0.1, 0.15) is 0 Å². The van der Waals surface area contributed by atoms with E-state index in [-0.39, 0.29) is 0 Å². The fourth-order valence-electron chi connectivity index (χ4n) is 0.943. The third kappa shape index (κ3) is 4.46. The Bertz CT molecular complexity index is 48.5. The van der Waals surface area contributed by atoms with E-state index >= 15 is 0 Å². The van der Waals surface area contributed by atoms with Crippen LogP contribution >= 0.6 is 0 Å². The fourth-order valence-corrected chi connectivity index (χ4v) is 0.943. The number of hydrogen-bond donors (Lipinski definition) is 1. The van der Waals surface area contributed by atoms with Crippen molar-refractivity contribution in [1.29, 1.82) is 0 Å². The summed E-state index contributed by atoms with van der Waals surface area (Å²) in [6.07, 6.45) is 4.82. The van der Waals surface area contributed by atoms with Crippen molar-refractivity contribution in [3.63, 3.8) is 0 Å². The molecular formula is C8H18N. The molecule has 0 amide bonds. The van der Waals surface area contributed by atoms with Gasteiger partial charge in [0.15, 0.2) is 0 Å². The monoisotopic (exact) mass is 128 g/mol. The largest absolute Gasteiger partial charge is 0.317 e. The second-order valence-corrected chi connectivity index (χ2v) is 2.39. The van der Waals surface area contributed by atoms with Gasteiger partial charge in [-0.25, -0.2) is 0 Å². The molecule has 0 aliphatic heterocycles. The Morgan fingerprint density at radius 2 is 2.22 bits per heavy atom. The van der Waals surface area contributed by atoms with Gasteiger partial charge in [0.2, 0.25) is 0 Å². The van der Waals surface area contributed by atoms with E-state index in [4.69, 9.17) is 0 Å².